The standard InChI is InChI=1S/C9H17ClO/c1-3-5-8(4-2)6-9(11)7-10/h8H,3-7H2,1-2H3. The molecule has 0 rings (SSSR count). The fourth-order valence-electron chi connectivity index (χ4n) is 1.24. The van der Waals surface area contributed by atoms with Crippen molar-refractivity contribution in [3.8, 4) is 0 Å². The van der Waals surface area contributed by atoms with Crippen LogP contribution in [0.1, 0.15) is 39.5 Å². The lowest BCUT2D eigenvalue weighted by atomic mass is 9.95. The minimum Gasteiger partial charge on any atom is -0.298 e. The van der Waals surface area contributed by atoms with Crippen molar-refractivity contribution < 1.29 is 4.79 Å². The molecule has 0 aliphatic carbocycles. The third-order valence-corrected chi connectivity index (χ3v) is 2.24. The highest BCUT2D eigenvalue weighted by atomic mass is 35.5. The van der Waals surface area contributed by atoms with Gasteiger partial charge in [-0.15, -0.1) is 11.6 Å². The highest BCUT2D eigenvalue weighted by Gasteiger charge is 2.09. The summed E-state index contributed by atoms with van der Waals surface area (Å²) in [7, 11) is 0. The van der Waals surface area contributed by atoms with E-state index in [9.17, 15) is 4.79 Å². The van der Waals surface area contributed by atoms with Crippen LogP contribution in [-0.2, 0) is 4.79 Å². The molecule has 0 bridgehead atoms. The number of halogens is 1. The topological polar surface area (TPSA) is 17.1 Å². The Morgan fingerprint density at radius 1 is 1.45 bits per heavy atom. The van der Waals surface area contributed by atoms with E-state index in [1.807, 2.05) is 0 Å². The maximum Gasteiger partial charge on any atom is 0.147 e. The Kier molecular flexibility index (Phi) is 6.63. The molecule has 0 N–H and O–H groups in total. The Bertz CT molecular complexity index is 112. The summed E-state index contributed by atoms with van der Waals surface area (Å²) < 4.78 is 0. The van der Waals surface area contributed by atoms with Gasteiger partial charge in [-0.2, -0.15) is 0 Å². The lowest BCUT2D eigenvalue weighted by Gasteiger charge is -2.10. The molecule has 1 atom stereocenters. The summed E-state index contributed by atoms with van der Waals surface area (Å²) in [6, 6.07) is 0. The van der Waals surface area contributed by atoms with Gasteiger partial charge in [-0.1, -0.05) is 33.1 Å². The number of hydrogen-bond donors (Lipinski definition) is 0. The molecule has 0 aliphatic heterocycles. The smallest absolute Gasteiger partial charge is 0.147 e. The number of alkyl halides is 1. The van der Waals surface area contributed by atoms with Gasteiger partial charge in [0.1, 0.15) is 5.78 Å². The molecular weight excluding hydrogens is 160 g/mol. The van der Waals surface area contributed by atoms with Gasteiger partial charge in [0.15, 0.2) is 0 Å². The lowest BCUT2D eigenvalue weighted by Crippen LogP contribution is -2.08. The second kappa shape index (κ2) is 6.66. The Morgan fingerprint density at radius 3 is 2.45 bits per heavy atom. The van der Waals surface area contributed by atoms with Crippen molar-refractivity contribution in [3.63, 3.8) is 0 Å². The summed E-state index contributed by atoms with van der Waals surface area (Å²) in [5.41, 5.74) is 0. The molecular formula is C9H17ClO. The van der Waals surface area contributed by atoms with Crippen LogP contribution in [0.5, 0.6) is 0 Å². The zero-order chi connectivity index (χ0) is 8.69. The van der Waals surface area contributed by atoms with E-state index in [-0.39, 0.29) is 11.7 Å². The fourth-order valence-corrected chi connectivity index (χ4v) is 1.34. The van der Waals surface area contributed by atoms with E-state index >= 15 is 0 Å². The molecule has 0 amide bonds. The normalized spacial score (nSPS) is 13.0. The summed E-state index contributed by atoms with van der Waals surface area (Å²) in [6.07, 6.45) is 4.08. The Balaban J connectivity index is 3.58. The summed E-state index contributed by atoms with van der Waals surface area (Å²) in [6.45, 7) is 4.27. The summed E-state index contributed by atoms with van der Waals surface area (Å²) in [5.74, 6) is 0.929. The molecule has 1 nitrogen and oxygen atoms in total. The van der Waals surface area contributed by atoms with Crippen LogP contribution in [0.2, 0.25) is 0 Å². The average Bonchev–Trinajstić information content (AvgIpc) is 2.03. The second-order valence-corrected chi connectivity index (χ2v) is 3.21. The van der Waals surface area contributed by atoms with Crippen molar-refractivity contribution in [2.45, 2.75) is 39.5 Å². The van der Waals surface area contributed by atoms with Gasteiger partial charge in [0.2, 0.25) is 0 Å². The summed E-state index contributed by atoms with van der Waals surface area (Å²) >= 11 is 5.40. The highest BCUT2D eigenvalue weighted by Crippen LogP contribution is 2.15. The molecule has 11 heavy (non-hydrogen) atoms. The van der Waals surface area contributed by atoms with Crippen molar-refractivity contribution >= 4 is 17.4 Å². The minimum absolute atomic E-state index is 0.181. The number of hydrogen-bond acceptors (Lipinski definition) is 1. The van der Waals surface area contributed by atoms with Gasteiger partial charge in [0.05, 0.1) is 5.88 Å². The molecule has 0 radical (unpaired) electrons. The first-order valence-electron chi connectivity index (χ1n) is 4.32. The predicted molar refractivity (Wildman–Crippen MR) is 49.0 cm³/mol. The summed E-state index contributed by atoms with van der Waals surface area (Å²) in [5, 5.41) is 0. The van der Waals surface area contributed by atoms with Gasteiger partial charge >= 0.3 is 0 Å². The first-order chi connectivity index (χ1) is 5.24. The van der Waals surface area contributed by atoms with Crippen molar-refractivity contribution in [2.75, 3.05) is 5.88 Å². The van der Waals surface area contributed by atoms with Crippen LogP contribution >= 0.6 is 11.6 Å². The van der Waals surface area contributed by atoms with Gasteiger partial charge in [-0.05, 0) is 5.92 Å². The monoisotopic (exact) mass is 176 g/mol. The second-order valence-electron chi connectivity index (χ2n) is 2.94. The van der Waals surface area contributed by atoms with Crippen molar-refractivity contribution in [3.05, 3.63) is 0 Å². The Morgan fingerprint density at radius 2 is 2.09 bits per heavy atom. The lowest BCUT2D eigenvalue weighted by molar-refractivity contribution is -0.117. The fraction of sp³-hybridized carbons (Fsp3) is 0.889. The van der Waals surface area contributed by atoms with Crippen LogP contribution in [0.4, 0.5) is 0 Å². The van der Waals surface area contributed by atoms with Crippen LogP contribution < -0.4 is 0 Å². The van der Waals surface area contributed by atoms with Crippen molar-refractivity contribution in [2.24, 2.45) is 5.92 Å². The maximum atomic E-state index is 10.9. The van der Waals surface area contributed by atoms with E-state index in [0.29, 0.717) is 12.3 Å². The van der Waals surface area contributed by atoms with Crippen LogP contribution in [-0.4, -0.2) is 11.7 Å². The van der Waals surface area contributed by atoms with Gasteiger partial charge in [-0.25, -0.2) is 0 Å². The third-order valence-electron chi connectivity index (χ3n) is 1.94. The van der Waals surface area contributed by atoms with Crippen LogP contribution in [0, 0.1) is 5.92 Å². The van der Waals surface area contributed by atoms with E-state index in [1.54, 1.807) is 0 Å². The molecule has 0 aromatic rings. The van der Waals surface area contributed by atoms with Crippen LogP contribution in [0.3, 0.4) is 0 Å². The van der Waals surface area contributed by atoms with E-state index < -0.39 is 0 Å². The first-order valence-corrected chi connectivity index (χ1v) is 4.85. The number of Topliss-reactive ketones (excluding diaryl/α,β-unsaturated/α-hetero) is 1. The first kappa shape index (κ1) is 11.0. The number of rotatable bonds is 6. The minimum atomic E-state index is 0.181. The largest absolute Gasteiger partial charge is 0.298 e. The molecule has 0 heterocycles. The van der Waals surface area contributed by atoms with E-state index in [2.05, 4.69) is 13.8 Å². The van der Waals surface area contributed by atoms with E-state index in [1.165, 1.54) is 0 Å². The molecule has 0 aromatic heterocycles. The molecule has 0 spiro atoms. The van der Waals surface area contributed by atoms with Gasteiger partial charge < -0.3 is 0 Å². The van der Waals surface area contributed by atoms with Gasteiger partial charge in [0, 0.05) is 6.42 Å². The van der Waals surface area contributed by atoms with Crippen molar-refractivity contribution in [1.29, 1.82) is 0 Å². The molecule has 2 heteroatoms. The molecule has 66 valence electrons. The van der Waals surface area contributed by atoms with Gasteiger partial charge in [0.25, 0.3) is 0 Å². The SMILES string of the molecule is CCCC(CC)CC(=O)CCl. The number of carbonyl (C=O) groups excluding carboxylic acids is 1. The van der Waals surface area contributed by atoms with Crippen molar-refractivity contribution in [1.82, 2.24) is 0 Å². The predicted octanol–water partition coefficient (Wildman–Crippen LogP) is 3.01. The molecule has 0 aromatic carbocycles. The molecule has 0 fully saturated rings. The molecule has 1 unspecified atom stereocenters. The summed E-state index contributed by atoms with van der Waals surface area (Å²) in [4.78, 5) is 10.9. The Hall–Kier alpha value is -0.0400. The average molecular weight is 177 g/mol. The van der Waals surface area contributed by atoms with Crippen LogP contribution in [0.25, 0.3) is 0 Å². The maximum absolute atomic E-state index is 10.9. The van der Waals surface area contributed by atoms with E-state index in [4.69, 9.17) is 11.6 Å². The zero-order valence-electron chi connectivity index (χ0n) is 7.40. The number of ketones is 1. The quantitative estimate of drug-likeness (QED) is 0.569. The number of carbonyl (C=O) groups is 1. The van der Waals surface area contributed by atoms with Gasteiger partial charge in [-0.3, -0.25) is 4.79 Å². The zero-order valence-corrected chi connectivity index (χ0v) is 8.16. The third kappa shape index (κ3) is 5.25. The molecule has 0 aliphatic rings. The van der Waals surface area contributed by atoms with Crippen LogP contribution in [0.15, 0.2) is 0 Å². The van der Waals surface area contributed by atoms with E-state index in [0.717, 1.165) is 19.3 Å². The molecule has 0 saturated heterocycles. The highest BCUT2D eigenvalue weighted by molar-refractivity contribution is 6.27. The Labute approximate surface area is 74.1 Å². The molecule has 0 saturated carbocycles.